The van der Waals surface area contributed by atoms with Gasteiger partial charge in [-0.25, -0.2) is 0 Å². The normalized spacial score (nSPS) is 10.6. The van der Waals surface area contributed by atoms with Gasteiger partial charge in [-0.2, -0.15) is 0 Å². The number of carbonyl (C=O) groups excluding carboxylic acids is 2. The van der Waals surface area contributed by atoms with Crippen molar-refractivity contribution in [2.24, 2.45) is 7.05 Å². The summed E-state index contributed by atoms with van der Waals surface area (Å²) in [5, 5.41) is 14.7. The Bertz CT molecular complexity index is 1030. The molecule has 0 aliphatic rings. The zero-order valence-corrected chi connectivity index (χ0v) is 18.1. The molecule has 0 spiro atoms. The maximum absolute atomic E-state index is 12.2. The second-order valence-electron chi connectivity index (χ2n) is 7.01. The van der Waals surface area contributed by atoms with Crippen LogP contribution in [0.25, 0.3) is 0 Å². The van der Waals surface area contributed by atoms with Crippen LogP contribution in [0.4, 0.5) is 11.4 Å². The van der Waals surface area contributed by atoms with Crippen molar-refractivity contribution in [3.05, 3.63) is 65.5 Å². The predicted molar refractivity (Wildman–Crippen MR) is 120 cm³/mol. The lowest BCUT2D eigenvalue weighted by molar-refractivity contribution is -0.116. The van der Waals surface area contributed by atoms with E-state index in [4.69, 9.17) is 0 Å². The Morgan fingerprint density at radius 3 is 2.40 bits per heavy atom. The monoisotopic (exact) mass is 423 g/mol. The number of rotatable bonds is 8. The molecule has 8 heteroatoms. The number of nitrogens with zero attached hydrogens (tertiary/aromatic N) is 3. The highest BCUT2D eigenvalue weighted by Crippen LogP contribution is 2.18. The molecule has 1 heterocycles. The fourth-order valence-electron chi connectivity index (χ4n) is 2.81. The van der Waals surface area contributed by atoms with Gasteiger partial charge in [0.05, 0.1) is 5.75 Å². The van der Waals surface area contributed by atoms with Crippen molar-refractivity contribution in [3.8, 4) is 0 Å². The summed E-state index contributed by atoms with van der Waals surface area (Å²) >= 11 is 1.32. The van der Waals surface area contributed by atoms with E-state index in [1.807, 2.05) is 74.0 Å². The molecule has 0 aliphatic carbocycles. The Kier molecular flexibility index (Phi) is 7.24. The van der Waals surface area contributed by atoms with Gasteiger partial charge in [0.25, 0.3) is 0 Å². The topological polar surface area (TPSA) is 88.9 Å². The average Bonchev–Trinajstić information content (AvgIpc) is 3.08. The number of aryl methyl sites for hydroxylation is 3. The van der Waals surface area contributed by atoms with E-state index in [9.17, 15) is 9.59 Å². The van der Waals surface area contributed by atoms with Crippen molar-refractivity contribution in [1.82, 2.24) is 14.8 Å². The van der Waals surface area contributed by atoms with Gasteiger partial charge < -0.3 is 15.2 Å². The van der Waals surface area contributed by atoms with Crippen LogP contribution in [0, 0.1) is 13.8 Å². The lowest BCUT2D eigenvalue weighted by Crippen LogP contribution is -2.15. The second-order valence-corrected chi connectivity index (χ2v) is 7.95. The van der Waals surface area contributed by atoms with Crippen LogP contribution in [-0.2, 0) is 23.1 Å². The minimum Gasteiger partial charge on any atom is -0.326 e. The lowest BCUT2D eigenvalue weighted by Gasteiger charge is -2.08. The minimum atomic E-state index is -0.102. The quantitative estimate of drug-likeness (QED) is 0.539. The van der Waals surface area contributed by atoms with E-state index in [2.05, 4.69) is 20.8 Å². The van der Waals surface area contributed by atoms with Gasteiger partial charge in [0, 0.05) is 31.3 Å². The number of hydrogen-bond acceptors (Lipinski definition) is 5. The lowest BCUT2D eigenvalue weighted by atomic mass is 10.1. The van der Waals surface area contributed by atoms with Gasteiger partial charge in [-0.3, -0.25) is 9.59 Å². The maximum Gasteiger partial charge on any atom is 0.234 e. The molecule has 2 amide bonds. The molecular formula is C22H25N5O2S. The van der Waals surface area contributed by atoms with Crippen LogP contribution >= 0.6 is 11.8 Å². The predicted octanol–water partition coefficient (Wildman–Crippen LogP) is 3.73. The molecule has 0 bridgehead atoms. The van der Waals surface area contributed by atoms with E-state index in [0.29, 0.717) is 23.8 Å². The van der Waals surface area contributed by atoms with Gasteiger partial charge in [0.1, 0.15) is 5.82 Å². The molecule has 0 saturated heterocycles. The van der Waals surface area contributed by atoms with Crippen molar-refractivity contribution < 1.29 is 9.59 Å². The molecule has 0 atom stereocenters. The zero-order valence-electron chi connectivity index (χ0n) is 17.3. The molecule has 0 unspecified atom stereocenters. The van der Waals surface area contributed by atoms with Crippen LogP contribution in [0.15, 0.2) is 53.7 Å². The Hall–Kier alpha value is -3.13. The van der Waals surface area contributed by atoms with E-state index in [-0.39, 0.29) is 17.6 Å². The third kappa shape index (κ3) is 5.93. The molecule has 156 valence electrons. The summed E-state index contributed by atoms with van der Waals surface area (Å²) in [5.41, 5.74) is 3.87. The molecule has 0 radical (unpaired) electrons. The molecule has 1 aromatic heterocycles. The van der Waals surface area contributed by atoms with Crippen LogP contribution in [0.2, 0.25) is 0 Å². The third-order valence-corrected chi connectivity index (χ3v) is 5.70. The molecular weight excluding hydrogens is 398 g/mol. The summed E-state index contributed by atoms with van der Waals surface area (Å²) in [6.07, 6.45) is 0.774. The van der Waals surface area contributed by atoms with Crippen molar-refractivity contribution in [3.63, 3.8) is 0 Å². The number of amides is 2. The Labute approximate surface area is 180 Å². The molecule has 0 fully saturated rings. The van der Waals surface area contributed by atoms with Crippen LogP contribution in [0.1, 0.15) is 23.4 Å². The molecule has 0 saturated carbocycles. The number of benzene rings is 2. The summed E-state index contributed by atoms with van der Waals surface area (Å²) < 4.78 is 1.82. The molecule has 2 N–H and O–H groups in total. The first-order valence-electron chi connectivity index (χ1n) is 9.65. The third-order valence-electron chi connectivity index (χ3n) is 4.68. The van der Waals surface area contributed by atoms with Gasteiger partial charge in [0.2, 0.25) is 11.8 Å². The molecule has 2 aromatic carbocycles. The molecule has 3 rings (SSSR count). The number of aromatic nitrogens is 3. The van der Waals surface area contributed by atoms with E-state index in [1.54, 1.807) is 0 Å². The van der Waals surface area contributed by atoms with Crippen LogP contribution < -0.4 is 10.6 Å². The molecule has 3 aromatic rings. The standard InChI is InChI=1S/C22H25N5O2S/c1-15-9-10-18(13-16(15)2)24-21(29)14-30-22-26-25-19(27(22)3)11-12-20(28)23-17-7-5-4-6-8-17/h4-10,13H,11-12,14H2,1-3H3,(H,23,28)(H,24,29). The number of carbonyl (C=O) groups is 2. The highest BCUT2D eigenvalue weighted by molar-refractivity contribution is 7.99. The van der Waals surface area contributed by atoms with Crippen LogP contribution in [0.5, 0.6) is 0 Å². The smallest absolute Gasteiger partial charge is 0.234 e. The summed E-state index contributed by atoms with van der Waals surface area (Å²) in [4.78, 5) is 24.4. The number of anilines is 2. The molecule has 0 aliphatic heterocycles. The SMILES string of the molecule is Cc1ccc(NC(=O)CSc2nnc(CCC(=O)Nc3ccccc3)n2C)cc1C. The summed E-state index contributed by atoms with van der Waals surface area (Å²) in [6, 6.07) is 15.2. The first-order chi connectivity index (χ1) is 14.4. The van der Waals surface area contributed by atoms with Gasteiger partial charge in [-0.05, 0) is 49.2 Å². The Morgan fingerprint density at radius 1 is 0.933 bits per heavy atom. The van der Waals surface area contributed by atoms with Crippen LogP contribution in [0.3, 0.4) is 0 Å². The van der Waals surface area contributed by atoms with Gasteiger partial charge >= 0.3 is 0 Å². The zero-order chi connectivity index (χ0) is 21.5. The van der Waals surface area contributed by atoms with Crippen molar-refractivity contribution >= 4 is 35.0 Å². The van der Waals surface area contributed by atoms with Gasteiger partial charge in [-0.1, -0.05) is 36.0 Å². The Morgan fingerprint density at radius 2 is 1.67 bits per heavy atom. The van der Waals surface area contributed by atoms with Crippen LogP contribution in [-0.4, -0.2) is 32.3 Å². The number of para-hydroxylation sites is 1. The molecule has 7 nitrogen and oxygen atoms in total. The highest BCUT2D eigenvalue weighted by Gasteiger charge is 2.13. The summed E-state index contributed by atoms with van der Waals surface area (Å²) in [6.45, 7) is 4.05. The van der Waals surface area contributed by atoms with Gasteiger partial charge in [0.15, 0.2) is 5.16 Å². The van der Waals surface area contributed by atoms with Crippen molar-refractivity contribution in [1.29, 1.82) is 0 Å². The van der Waals surface area contributed by atoms with E-state index in [0.717, 1.165) is 16.9 Å². The summed E-state index contributed by atoms with van der Waals surface area (Å²) in [7, 11) is 1.84. The number of hydrogen-bond donors (Lipinski definition) is 2. The largest absolute Gasteiger partial charge is 0.326 e. The van der Waals surface area contributed by atoms with E-state index >= 15 is 0 Å². The summed E-state index contributed by atoms with van der Waals surface area (Å²) in [5.74, 6) is 0.754. The number of thioether (sulfide) groups is 1. The van der Waals surface area contributed by atoms with Crippen molar-refractivity contribution in [2.75, 3.05) is 16.4 Å². The Balaban J connectivity index is 1.48. The average molecular weight is 424 g/mol. The van der Waals surface area contributed by atoms with Gasteiger partial charge in [-0.15, -0.1) is 10.2 Å². The fourth-order valence-corrected chi connectivity index (χ4v) is 3.54. The van der Waals surface area contributed by atoms with E-state index < -0.39 is 0 Å². The first-order valence-corrected chi connectivity index (χ1v) is 10.6. The second kappa shape index (κ2) is 10.1. The maximum atomic E-state index is 12.2. The molecule has 30 heavy (non-hydrogen) atoms. The number of nitrogens with one attached hydrogen (secondary N) is 2. The highest BCUT2D eigenvalue weighted by atomic mass is 32.2. The minimum absolute atomic E-state index is 0.0776. The fraction of sp³-hybridized carbons (Fsp3) is 0.273. The van der Waals surface area contributed by atoms with Crippen molar-refractivity contribution in [2.45, 2.75) is 31.8 Å². The first kappa shape index (κ1) is 21.6. The van der Waals surface area contributed by atoms with E-state index in [1.165, 1.54) is 17.3 Å².